The van der Waals surface area contributed by atoms with E-state index in [2.05, 4.69) is 4.98 Å². The van der Waals surface area contributed by atoms with Crippen molar-refractivity contribution in [3.63, 3.8) is 0 Å². The molecule has 0 radical (unpaired) electrons. The smallest absolute Gasteiger partial charge is 0.136 e. The van der Waals surface area contributed by atoms with Crippen molar-refractivity contribution in [2.24, 2.45) is 5.92 Å². The fraction of sp³-hybridized carbons (Fsp3) is 0.500. The van der Waals surface area contributed by atoms with Crippen molar-refractivity contribution in [2.45, 2.75) is 44.2 Å². The van der Waals surface area contributed by atoms with E-state index >= 15 is 13.2 Å². The topological polar surface area (TPSA) is 42.5 Å². The van der Waals surface area contributed by atoms with Crippen LogP contribution in [0.5, 0.6) is 0 Å². The lowest BCUT2D eigenvalue weighted by atomic mass is 9.85. The average Bonchev–Trinajstić information content (AvgIpc) is 3.22. The number of aliphatic hydroxyl groups excluding tert-OH is 1. The predicted molar refractivity (Wildman–Crippen MR) is 133 cm³/mol. The fourth-order valence-electron chi connectivity index (χ4n) is 5.95. The van der Waals surface area contributed by atoms with Crippen LogP contribution in [-0.2, 0) is 6.42 Å². The monoisotopic (exact) mass is 521 g/mol. The highest BCUT2D eigenvalue weighted by atomic mass is 19.1. The van der Waals surface area contributed by atoms with Crippen LogP contribution in [0.4, 0.5) is 22.0 Å². The number of rotatable bonds is 9. The maximum absolute atomic E-state index is 15.7. The first-order valence-electron chi connectivity index (χ1n) is 12.8. The van der Waals surface area contributed by atoms with E-state index in [0.717, 1.165) is 28.6 Å². The number of H-pyrrole nitrogens is 1. The molecule has 0 bridgehead atoms. The molecule has 200 valence electrons. The second-order valence-electron chi connectivity index (χ2n) is 10.4. The van der Waals surface area contributed by atoms with Crippen molar-refractivity contribution in [3.8, 4) is 0 Å². The van der Waals surface area contributed by atoms with Gasteiger partial charge in [-0.15, -0.1) is 0 Å². The molecule has 1 aromatic heterocycles. The Morgan fingerprint density at radius 3 is 2.49 bits per heavy atom. The van der Waals surface area contributed by atoms with Crippen LogP contribution in [0.1, 0.15) is 47.9 Å². The zero-order chi connectivity index (χ0) is 26.3. The minimum atomic E-state index is -1.59. The number of halogens is 5. The summed E-state index contributed by atoms with van der Waals surface area (Å²) in [6.07, 6.45) is -2.21. The van der Waals surface area contributed by atoms with Crippen molar-refractivity contribution < 1.29 is 27.1 Å². The van der Waals surface area contributed by atoms with Crippen LogP contribution in [0.3, 0.4) is 0 Å². The first kappa shape index (κ1) is 26.1. The Bertz CT molecular complexity index is 1220. The molecule has 0 spiro atoms. The number of aromatic nitrogens is 1. The molecular weight excluding hydrogens is 489 g/mol. The van der Waals surface area contributed by atoms with Gasteiger partial charge in [-0.05, 0) is 49.1 Å². The van der Waals surface area contributed by atoms with Gasteiger partial charge in [-0.2, -0.15) is 0 Å². The molecule has 9 heteroatoms. The van der Waals surface area contributed by atoms with E-state index < -0.39 is 49.2 Å². The van der Waals surface area contributed by atoms with E-state index in [9.17, 15) is 13.9 Å². The summed E-state index contributed by atoms with van der Waals surface area (Å²) in [5.41, 5.74) is 1.97. The third kappa shape index (κ3) is 4.89. The maximum Gasteiger partial charge on any atom is 0.136 e. The van der Waals surface area contributed by atoms with Gasteiger partial charge >= 0.3 is 0 Å². The molecule has 0 aliphatic carbocycles. The quantitative estimate of drug-likeness (QED) is 0.370. The van der Waals surface area contributed by atoms with Crippen LogP contribution in [0, 0.1) is 17.6 Å². The Hall–Kier alpha value is -2.49. The van der Waals surface area contributed by atoms with E-state index in [1.165, 1.54) is 0 Å². The van der Waals surface area contributed by atoms with Gasteiger partial charge in [-0.1, -0.05) is 18.2 Å². The highest BCUT2D eigenvalue weighted by molar-refractivity contribution is 5.85. The van der Waals surface area contributed by atoms with E-state index in [-0.39, 0.29) is 23.7 Å². The lowest BCUT2D eigenvalue weighted by Crippen LogP contribution is -2.48. The minimum Gasteiger partial charge on any atom is -0.393 e. The van der Waals surface area contributed by atoms with Crippen LogP contribution in [0.25, 0.3) is 10.9 Å². The number of aromatic amines is 1. The summed E-state index contributed by atoms with van der Waals surface area (Å²) in [6, 6.07) is 8.43. The summed E-state index contributed by atoms with van der Waals surface area (Å²) < 4.78 is 73.4. The van der Waals surface area contributed by atoms with Gasteiger partial charge in [-0.3, -0.25) is 9.29 Å². The normalized spacial score (nSPS) is 22.7. The van der Waals surface area contributed by atoms with Crippen molar-refractivity contribution in [1.82, 2.24) is 14.8 Å². The van der Waals surface area contributed by atoms with Crippen molar-refractivity contribution in [1.29, 1.82) is 0 Å². The Balaban J connectivity index is 1.51. The molecule has 2 aromatic carbocycles. The molecular formula is C28H32F5N3O. The first-order chi connectivity index (χ1) is 17.8. The summed E-state index contributed by atoms with van der Waals surface area (Å²) in [5, 5.41) is 10.3. The van der Waals surface area contributed by atoms with Gasteiger partial charge in [0.15, 0.2) is 0 Å². The molecule has 4 atom stereocenters. The Labute approximate surface area is 213 Å². The molecule has 1 fully saturated rings. The molecule has 1 saturated heterocycles. The van der Waals surface area contributed by atoms with E-state index in [1.54, 1.807) is 4.90 Å². The second-order valence-corrected chi connectivity index (χ2v) is 10.4. The number of aliphatic hydroxyl groups is 1. The van der Waals surface area contributed by atoms with Gasteiger partial charge in [0.2, 0.25) is 0 Å². The van der Waals surface area contributed by atoms with Crippen molar-refractivity contribution in [2.75, 3.05) is 39.5 Å². The van der Waals surface area contributed by atoms with Crippen molar-refractivity contribution >= 4 is 10.9 Å². The van der Waals surface area contributed by atoms with E-state index in [0.29, 0.717) is 38.2 Å². The SMILES string of the molecule is C[C@@H]1Cc2c([nH]c3ccccc23)[C@@H](c2c(F)cc(C(F)C3CN(CCCF)C3)cc2F)N1C[C@@H](F)CO. The van der Waals surface area contributed by atoms with Crippen LogP contribution in [0.15, 0.2) is 36.4 Å². The maximum atomic E-state index is 15.7. The van der Waals surface area contributed by atoms with E-state index in [4.69, 9.17) is 0 Å². The Morgan fingerprint density at radius 2 is 1.81 bits per heavy atom. The largest absolute Gasteiger partial charge is 0.393 e. The number of alkyl halides is 3. The molecule has 3 aromatic rings. The molecule has 0 saturated carbocycles. The summed E-state index contributed by atoms with van der Waals surface area (Å²) in [5.74, 6) is -2.19. The average molecular weight is 522 g/mol. The van der Waals surface area contributed by atoms with Gasteiger partial charge < -0.3 is 15.0 Å². The highest BCUT2D eigenvalue weighted by Gasteiger charge is 2.41. The molecule has 0 amide bonds. The number of hydrogen-bond donors (Lipinski definition) is 2. The minimum absolute atomic E-state index is 0.0695. The van der Waals surface area contributed by atoms with Gasteiger partial charge in [0.25, 0.3) is 0 Å². The number of benzene rings is 2. The summed E-state index contributed by atoms with van der Waals surface area (Å²) in [7, 11) is 0. The third-order valence-corrected chi connectivity index (χ3v) is 7.82. The van der Waals surface area contributed by atoms with Crippen molar-refractivity contribution in [3.05, 3.63) is 70.4 Å². The Kier molecular flexibility index (Phi) is 7.56. The highest BCUT2D eigenvalue weighted by Crippen LogP contribution is 2.43. The molecule has 2 N–H and O–H groups in total. The number of nitrogens with zero attached hydrogens (tertiary/aromatic N) is 2. The number of hydrogen-bond acceptors (Lipinski definition) is 3. The van der Waals surface area contributed by atoms with Gasteiger partial charge in [0.05, 0.1) is 19.3 Å². The molecule has 37 heavy (non-hydrogen) atoms. The van der Waals surface area contributed by atoms with Crippen LogP contribution in [-0.4, -0.2) is 71.6 Å². The number of likely N-dealkylation sites (tertiary alicyclic amines) is 1. The molecule has 2 aliphatic rings. The number of fused-ring (bicyclic) bond motifs is 3. The molecule has 2 aliphatic heterocycles. The first-order valence-corrected chi connectivity index (χ1v) is 12.8. The molecule has 4 nitrogen and oxygen atoms in total. The second kappa shape index (κ2) is 10.7. The number of nitrogens with one attached hydrogen (secondary N) is 1. The summed E-state index contributed by atoms with van der Waals surface area (Å²) >= 11 is 0. The molecule has 5 rings (SSSR count). The Morgan fingerprint density at radius 1 is 1.11 bits per heavy atom. The van der Waals surface area contributed by atoms with Gasteiger partial charge in [-0.25, -0.2) is 17.6 Å². The molecule has 1 unspecified atom stereocenters. The van der Waals surface area contributed by atoms with Gasteiger partial charge in [0.1, 0.15) is 24.0 Å². The third-order valence-electron chi connectivity index (χ3n) is 7.82. The van der Waals surface area contributed by atoms with Gasteiger partial charge in [0, 0.05) is 60.3 Å². The lowest BCUT2D eigenvalue weighted by molar-refractivity contribution is 0.0360. The van der Waals surface area contributed by atoms with Crippen LogP contribution >= 0.6 is 0 Å². The fourth-order valence-corrected chi connectivity index (χ4v) is 5.95. The number of para-hydroxylation sites is 1. The zero-order valence-corrected chi connectivity index (χ0v) is 20.7. The van der Waals surface area contributed by atoms with Crippen LogP contribution < -0.4 is 0 Å². The predicted octanol–water partition coefficient (Wildman–Crippen LogP) is 5.41. The zero-order valence-electron chi connectivity index (χ0n) is 20.7. The van der Waals surface area contributed by atoms with Crippen LogP contribution in [0.2, 0.25) is 0 Å². The molecule has 3 heterocycles. The summed E-state index contributed by atoms with van der Waals surface area (Å²) in [6.45, 7) is 1.89. The van der Waals surface area contributed by atoms with E-state index in [1.807, 2.05) is 36.1 Å². The lowest BCUT2D eigenvalue weighted by Gasteiger charge is -2.42. The summed E-state index contributed by atoms with van der Waals surface area (Å²) in [4.78, 5) is 6.88. The standard InChI is InChI=1S/C28H32F5N3O/c1-16-9-21-20-5-2-3-6-24(20)34-27(21)28(36(16)14-19(30)15-37)25-22(31)10-17(11-23(25)32)26(33)18-12-35(13-18)8-4-7-29/h2-3,5-6,10-11,16,18-19,26,28,34,37H,4,7-9,12-15H2,1H3/t16-,19-,26?,28-/m1/s1.